The smallest absolute Gasteiger partial charge is 0.255 e. The van der Waals surface area contributed by atoms with E-state index in [1.165, 1.54) is 24.4 Å². The maximum absolute atomic E-state index is 13.5. The number of pyridine rings is 1. The number of nitrogen functional groups attached to an aromatic ring is 1. The maximum atomic E-state index is 13.5. The Hall–Kier alpha value is -2.43. The molecule has 0 saturated carbocycles. The van der Waals surface area contributed by atoms with Gasteiger partial charge in [-0.25, -0.2) is 9.37 Å². The standard InChI is InChI=1S/C13H12FN3O/c1-8-2-3-10(14)11(6-8)17-13(18)9-4-5-16-12(15)7-9/h2-7H,1H3,(H2,15,16)(H,17,18). The first-order valence-corrected chi connectivity index (χ1v) is 5.35. The Kier molecular flexibility index (Phi) is 3.23. The number of halogens is 1. The minimum absolute atomic E-state index is 0.149. The van der Waals surface area contributed by atoms with Crippen LogP contribution in [0, 0.1) is 12.7 Å². The first-order chi connectivity index (χ1) is 8.56. The van der Waals surface area contributed by atoms with Crippen molar-refractivity contribution in [2.24, 2.45) is 0 Å². The zero-order valence-electron chi connectivity index (χ0n) is 9.77. The van der Waals surface area contributed by atoms with Crippen molar-refractivity contribution in [1.29, 1.82) is 0 Å². The van der Waals surface area contributed by atoms with Crippen molar-refractivity contribution < 1.29 is 9.18 Å². The Morgan fingerprint density at radius 2 is 2.11 bits per heavy atom. The highest BCUT2D eigenvalue weighted by atomic mass is 19.1. The van der Waals surface area contributed by atoms with Gasteiger partial charge in [-0.15, -0.1) is 0 Å². The molecule has 1 aromatic heterocycles. The van der Waals surface area contributed by atoms with E-state index >= 15 is 0 Å². The van der Waals surface area contributed by atoms with Crippen molar-refractivity contribution in [3.63, 3.8) is 0 Å². The highest BCUT2D eigenvalue weighted by Gasteiger charge is 2.09. The zero-order chi connectivity index (χ0) is 13.1. The molecule has 0 unspecified atom stereocenters. The van der Waals surface area contributed by atoms with E-state index < -0.39 is 11.7 Å². The number of benzene rings is 1. The van der Waals surface area contributed by atoms with Gasteiger partial charge in [0, 0.05) is 11.8 Å². The summed E-state index contributed by atoms with van der Waals surface area (Å²) in [6.07, 6.45) is 1.43. The summed E-state index contributed by atoms with van der Waals surface area (Å²) in [5.41, 5.74) is 6.83. The van der Waals surface area contributed by atoms with E-state index in [1.54, 1.807) is 12.1 Å². The van der Waals surface area contributed by atoms with Crippen molar-refractivity contribution in [3.05, 3.63) is 53.5 Å². The monoisotopic (exact) mass is 245 g/mol. The number of nitrogens with zero attached hydrogens (tertiary/aromatic N) is 1. The third kappa shape index (κ3) is 2.63. The van der Waals surface area contributed by atoms with E-state index in [0.717, 1.165) is 5.56 Å². The van der Waals surface area contributed by atoms with Gasteiger partial charge in [-0.1, -0.05) is 6.07 Å². The molecule has 1 heterocycles. The van der Waals surface area contributed by atoms with Crippen molar-refractivity contribution in [2.75, 3.05) is 11.1 Å². The fourth-order valence-electron chi connectivity index (χ4n) is 1.52. The molecule has 18 heavy (non-hydrogen) atoms. The molecule has 3 N–H and O–H groups in total. The number of aromatic nitrogens is 1. The van der Waals surface area contributed by atoms with Gasteiger partial charge in [0.2, 0.25) is 0 Å². The van der Waals surface area contributed by atoms with Gasteiger partial charge in [0.05, 0.1) is 5.69 Å². The van der Waals surface area contributed by atoms with E-state index in [9.17, 15) is 9.18 Å². The summed E-state index contributed by atoms with van der Waals surface area (Å²) in [5.74, 6) is -0.656. The number of nitrogens with one attached hydrogen (secondary N) is 1. The van der Waals surface area contributed by atoms with Crippen LogP contribution in [-0.2, 0) is 0 Å². The number of rotatable bonds is 2. The van der Waals surface area contributed by atoms with Gasteiger partial charge in [-0.3, -0.25) is 4.79 Å². The molecular weight excluding hydrogens is 233 g/mol. The summed E-state index contributed by atoms with van der Waals surface area (Å²) in [6.45, 7) is 1.82. The van der Waals surface area contributed by atoms with Gasteiger partial charge in [0.15, 0.2) is 0 Å². The van der Waals surface area contributed by atoms with Gasteiger partial charge in [0.25, 0.3) is 5.91 Å². The van der Waals surface area contributed by atoms with Crippen LogP contribution in [0.4, 0.5) is 15.9 Å². The summed E-state index contributed by atoms with van der Waals surface area (Å²) in [4.78, 5) is 15.7. The quantitative estimate of drug-likeness (QED) is 0.853. The lowest BCUT2D eigenvalue weighted by molar-refractivity contribution is 0.102. The first-order valence-electron chi connectivity index (χ1n) is 5.35. The predicted molar refractivity (Wildman–Crippen MR) is 67.7 cm³/mol. The molecular formula is C13H12FN3O. The second kappa shape index (κ2) is 4.83. The Labute approximate surface area is 104 Å². The minimum atomic E-state index is -0.476. The number of aryl methyl sites for hydroxylation is 1. The topological polar surface area (TPSA) is 68.0 Å². The van der Waals surface area contributed by atoms with Gasteiger partial charge in [-0.05, 0) is 36.8 Å². The number of carbonyl (C=O) groups excluding carboxylic acids is 1. The van der Waals surface area contributed by atoms with Crippen LogP contribution in [0.2, 0.25) is 0 Å². The number of nitrogens with two attached hydrogens (primary N) is 1. The lowest BCUT2D eigenvalue weighted by Gasteiger charge is -2.07. The second-order valence-corrected chi connectivity index (χ2v) is 3.91. The maximum Gasteiger partial charge on any atom is 0.255 e. The van der Waals surface area contributed by atoms with Gasteiger partial charge in [-0.2, -0.15) is 0 Å². The summed E-state index contributed by atoms with van der Waals surface area (Å²) in [7, 11) is 0. The summed E-state index contributed by atoms with van der Waals surface area (Å²) in [5, 5.41) is 2.50. The number of hydrogen-bond acceptors (Lipinski definition) is 3. The van der Waals surface area contributed by atoms with Crippen LogP contribution in [0.1, 0.15) is 15.9 Å². The molecule has 2 rings (SSSR count). The van der Waals surface area contributed by atoms with Crippen molar-refractivity contribution in [1.82, 2.24) is 4.98 Å². The summed E-state index contributed by atoms with van der Waals surface area (Å²) >= 11 is 0. The molecule has 0 aliphatic rings. The van der Waals surface area contributed by atoms with Crippen LogP contribution < -0.4 is 11.1 Å². The molecule has 0 saturated heterocycles. The van der Waals surface area contributed by atoms with Crippen LogP contribution in [-0.4, -0.2) is 10.9 Å². The lowest BCUT2D eigenvalue weighted by Crippen LogP contribution is -2.13. The molecule has 0 radical (unpaired) electrons. The third-order valence-corrected chi connectivity index (χ3v) is 2.41. The molecule has 0 aliphatic carbocycles. The van der Waals surface area contributed by atoms with Crippen molar-refractivity contribution in [3.8, 4) is 0 Å². The van der Waals surface area contributed by atoms with Crippen LogP contribution in [0.3, 0.4) is 0 Å². The van der Waals surface area contributed by atoms with Gasteiger partial charge >= 0.3 is 0 Å². The minimum Gasteiger partial charge on any atom is -0.384 e. The molecule has 2 aromatic rings. The molecule has 1 amide bonds. The molecule has 0 fully saturated rings. The molecule has 4 nitrogen and oxygen atoms in total. The van der Waals surface area contributed by atoms with Crippen molar-refractivity contribution >= 4 is 17.4 Å². The molecule has 5 heteroatoms. The van der Waals surface area contributed by atoms with Crippen LogP contribution in [0.5, 0.6) is 0 Å². The van der Waals surface area contributed by atoms with E-state index in [2.05, 4.69) is 10.3 Å². The van der Waals surface area contributed by atoms with Crippen molar-refractivity contribution in [2.45, 2.75) is 6.92 Å². The van der Waals surface area contributed by atoms with Gasteiger partial charge < -0.3 is 11.1 Å². The fourth-order valence-corrected chi connectivity index (χ4v) is 1.52. The average molecular weight is 245 g/mol. The molecule has 92 valence electrons. The average Bonchev–Trinajstić information content (AvgIpc) is 2.34. The summed E-state index contributed by atoms with van der Waals surface area (Å²) in [6, 6.07) is 7.46. The summed E-state index contributed by atoms with van der Waals surface area (Å²) < 4.78 is 13.5. The van der Waals surface area contributed by atoms with E-state index in [1.807, 2.05) is 6.92 Å². The largest absolute Gasteiger partial charge is 0.384 e. The van der Waals surface area contributed by atoms with Crippen LogP contribution >= 0.6 is 0 Å². The van der Waals surface area contributed by atoms with E-state index in [-0.39, 0.29) is 11.5 Å². The highest BCUT2D eigenvalue weighted by molar-refractivity contribution is 6.04. The molecule has 0 bridgehead atoms. The van der Waals surface area contributed by atoms with Crippen LogP contribution in [0.25, 0.3) is 0 Å². The number of amides is 1. The Balaban J connectivity index is 2.24. The SMILES string of the molecule is Cc1ccc(F)c(NC(=O)c2ccnc(N)c2)c1. The van der Waals surface area contributed by atoms with E-state index in [4.69, 9.17) is 5.73 Å². The zero-order valence-corrected chi connectivity index (χ0v) is 9.77. The normalized spacial score (nSPS) is 10.1. The number of hydrogen-bond donors (Lipinski definition) is 2. The molecule has 0 aliphatic heterocycles. The Morgan fingerprint density at radius 1 is 1.33 bits per heavy atom. The third-order valence-electron chi connectivity index (χ3n) is 2.41. The molecule has 0 atom stereocenters. The van der Waals surface area contributed by atoms with Gasteiger partial charge in [0.1, 0.15) is 11.6 Å². The second-order valence-electron chi connectivity index (χ2n) is 3.91. The molecule has 0 spiro atoms. The highest BCUT2D eigenvalue weighted by Crippen LogP contribution is 2.17. The Morgan fingerprint density at radius 3 is 2.83 bits per heavy atom. The first kappa shape index (κ1) is 12.0. The Bertz CT molecular complexity index is 599. The van der Waals surface area contributed by atoms with E-state index in [0.29, 0.717) is 5.56 Å². The fraction of sp³-hybridized carbons (Fsp3) is 0.0769. The predicted octanol–water partition coefficient (Wildman–Crippen LogP) is 2.36. The number of anilines is 2. The lowest BCUT2D eigenvalue weighted by atomic mass is 10.2. The number of carbonyl (C=O) groups is 1. The molecule has 1 aromatic carbocycles. The van der Waals surface area contributed by atoms with Crippen LogP contribution in [0.15, 0.2) is 36.5 Å².